The van der Waals surface area contributed by atoms with E-state index in [4.69, 9.17) is 10.8 Å². The summed E-state index contributed by atoms with van der Waals surface area (Å²) in [5.74, 6) is -2.82. The highest BCUT2D eigenvalue weighted by atomic mass is 32.2. The van der Waals surface area contributed by atoms with Crippen LogP contribution in [0, 0.1) is 11.6 Å². The lowest BCUT2D eigenvalue weighted by Crippen LogP contribution is -2.31. The molecule has 0 saturated carbocycles. The number of halogens is 2. The molecule has 186 valence electrons. The number of pyridine rings is 2. The molecule has 4 aromatic rings. The second-order valence-electron chi connectivity index (χ2n) is 8.18. The van der Waals surface area contributed by atoms with Crippen LogP contribution in [0.4, 0.5) is 14.5 Å². The lowest BCUT2D eigenvalue weighted by atomic mass is 10.1. The van der Waals surface area contributed by atoms with Crippen molar-refractivity contribution in [1.29, 1.82) is 0 Å². The van der Waals surface area contributed by atoms with E-state index in [0.717, 1.165) is 16.7 Å². The summed E-state index contributed by atoms with van der Waals surface area (Å²) in [5, 5.41) is 8.79. The van der Waals surface area contributed by atoms with E-state index in [-0.39, 0.29) is 46.1 Å². The molecule has 0 aliphatic carbocycles. The molecule has 0 bridgehead atoms. The van der Waals surface area contributed by atoms with E-state index in [1.165, 1.54) is 30.1 Å². The lowest BCUT2D eigenvalue weighted by molar-refractivity contribution is -0.136. The summed E-state index contributed by atoms with van der Waals surface area (Å²) in [6.45, 7) is 3.68. The number of thioether (sulfide) groups is 1. The van der Waals surface area contributed by atoms with E-state index < -0.39 is 34.5 Å². The third-order valence-corrected chi connectivity index (χ3v) is 6.43. The number of nitrogens with two attached hydrogens (primary N) is 1. The number of hydrogen-bond donors (Lipinski definition) is 3. The molecule has 4 N–H and O–H groups in total. The zero-order valence-corrected chi connectivity index (χ0v) is 20.0. The van der Waals surface area contributed by atoms with Gasteiger partial charge in [-0.25, -0.2) is 23.1 Å². The number of aliphatic carboxylic acids is 1. The Bertz CT molecular complexity index is 1600. The Kier molecular flexibility index (Phi) is 6.88. The van der Waals surface area contributed by atoms with Gasteiger partial charge in [0, 0.05) is 22.5 Å². The molecule has 0 unspecified atom stereocenters. The van der Waals surface area contributed by atoms with Crippen molar-refractivity contribution in [2.75, 3.05) is 11.5 Å². The summed E-state index contributed by atoms with van der Waals surface area (Å²) in [7, 11) is 0. The first-order valence-electron chi connectivity index (χ1n) is 10.8. The van der Waals surface area contributed by atoms with Gasteiger partial charge in [0.05, 0.1) is 28.8 Å². The summed E-state index contributed by atoms with van der Waals surface area (Å²) >= 11 is 1.18. The first kappa shape index (κ1) is 25.0. The number of benzene rings is 1. The molecule has 0 atom stereocenters. The summed E-state index contributed by atoms with van der Waals surface area (Å²) in [5.41, 5.74) is 3.82. The van der Waals surface area contributed by atoms with Crippen LogP contribution in [0.5, 0.6) is 0 Å². The van der Waals surface area contributed by atoms with Crippen LogP contribution in [0.1, 0.15) is 31.9 Å². The summed E-state index contributed by atoms with van der Waals surface area (Å²) < 4.78 is 30.9. The van der Waals surface area contributed by atoms with Crippen LogP contribution in [0.25, 0.3) is 28.0 Å². The number of hydrogen-bond acceptors (Lipinski definition) is 7. The third kappa shape index (κ3) is 4.59. The third-order valence-electron chi connectivity index (χ3n) is 5.38. The first-order chi connectivity index (χ1) is 17.1. The fraction of sp³-hybridized carbons (Fsp3) is 0.208. The normalized spacial score (nSPS) is 11.4. The summed E-state index contributed by atoms with van der Waals surface area (Å²) in [6, 6.07) is 6.32. The van der Waals surface area contributed by atoms with Gasteiger partial charge in [0.25, 0.3) is 5.56 Å². The topological polar surface area (TPSA) is 144 Å². The van der Waals surface area contributed by atoms with Crippen molar-refractivity contribution >= 4 is 34.5 Å². The van der Waals surface area contributed by atoms with Gasteiger partial charge in [-0.05, 0) is 30.2 Å². The SMILES string of the molecule is CC(C)c1nccc(SCCC(=O)O)c1-n1c(=O)[nH]c(=O)c2cc(F)c(-c3c(N)cccc3F)nc21. The van der Waals surface area contributed by atoms with Gasteiger partial charge < -0.3 is 10.8 Å². The van der Waals surface area contributed by atoms with E-state index >= 15 is 4.39 Å². The number of carbonyl (C=O) groups is 1. The number of aromatic amines is 1. The number of nitrogens with zero attached hydrogens (tertiary/aromatic N) is 3. The van der Waals surface area contributed by atoms with Gasteiger partial charge in [-0.2, -0.15) is 0 Å². The predicted octanol–water partition coefficient (Wildman–Crippen LogP) is 3.69. The number of rotatable bonds is 7. The van der Waals surface area contributed by atoms with Crippen LogP contribution in [0.2, 0.25) is 0 Å². The summed E-state index contributed by atoms with van der Waals surface area (Å²) in [6.07, 6.45) is 1.39. The van der Waals surface area contributed by atoms with E-state index in [2.05, 4.69) is 15.0 Å². The van der Waals surface area contributed by atoms with Crippen LogP contribution in [-0.2, 0) is 4.79 Å². The number of aromatic nitrogens is 4. The minimum Gasteiger partial charge on any atom is -0.481 e. The van der Waals surface area contributed by atoms with Crippen molar-refractivity contribution in [2.24, 2.45) is 0 Å². The van der Waals surface area contributed by atoms with Gasteiger partial charge in [-0.3, -0.25) is 19.6 Å². The Balaban J connectivity index is 2.09. The van der Waals surface area contributed by atoms with E-state index in [0.29, 0.717) is 10.6 Å². The average molecular weight is 514 g/mol. The molecular weight excluding hydrogens is 492 g/mol. The van der Waals surface area contributed by atoms with Crippen molar-refractivity contribution in [3.63, 3.8) is 0 Å². The maximum Gasteiger partial charge on any atom is 0.334 e. The van der Waals surface area contributed by atoms with E-state index in [1.54, 1.807) is 6.07 Å². The number of nitrogen functional groups attached to an aromatic ring is 1. The molecule has 0 spiro atoms. The Labute approximate surface area is 207 Å². The number of anilines is 1. The molecule has 3 heterocycles. The van der Waals surface area contributed by atoms with Crippen LogP contribution in [-0.4, -0.2) is 36.3 Å². The zero-order chi connectivity index (χ0) is 26.1. The van der Waals surface area contributed by atoms with Gasteiger partial charge >= 0.3 is 11.7 Å². The molecular formula is C24H21F2N5O4S. The number of nitrogens with one attached hydrogen (secondary N) is 1. The Morgan fingerprint density at radius 3 is 2.64 bits per heavy atom. The van der Waals surface area contributed by atoms with Crippen molar-refractivity contribution < 1.29 is 18.7 Å². The lowest BCUT2D eigenvalue weighted by Gasteiger charge is -2.19. The minimum absolute atomic E-state index is 0.0753. The first-order valence-corrected chi connectivity index (χ1v) is 11.8. The average Bonchev–Trinajstić information content (AvgIpc) is 2.80. The minimum atomic E-state index is -0.999. The summed E-state index contributed by atoms with van der Waals surface area (Å²) in [4.78, 5) is 48.1. The van der Waals surface area contributed by atoms with Crippen LogP contribution < -0.4 is 17.0 Å². The van der Waals surface area contributed by atoms with Gasteiger partial charge in [-0.1, -0.05) is 19.9 Å². The molecule has 36 heavy (non-hydrogen) atoms. The van der Waals surface area contributed by atoms with Crippen LogP contribution in [0.3, 0.4) is 0 Å². The van der Waals surface area contributed by atoms with E-state index in [9.17, 15) is 18.8 Å². The monoisotopic (exact) mass is 513 g/mol. The highest BCUT2D eigenvalue weighted by molar-refractivity contribution is 7.99. The van der Waals surface area contributed by atoms with Crippen LogP contribution in [0.15, 0.2) is 51.0 Å². The molecule has 0 fully saturated rings. The Hall–Kier alpha value is -4.06. The molecule has 0 aliphatic heterocycles. The standard InChI is InChI=1S/C24H21F2N5O4S/c1-11(2)19-21(16(6-8-28-19)36-9-7-17(32)33)31-22-12(23(34)30-24(31)35)10-14(26)20(29-22)18-13(25)4-3-5-15(18)27/h3-6,8,10-11H,7,9,27H2,1-2H3,(H,32,33)(H,30,34,35). The quantitative estimate of drug-likeness (QED) is 0.251. The molecule has 3 aromatic heterocycles. The molecule has 9 nitrogen and oxygen atoms in total. The van der Waals surface area contributed by atoms with Gasteiger partial charge in [0.2, 0.25) is 0 Å². The fourth-order valence-electron chi connectivity index (χ4n) is 3.77. The number of carboxylic acid groups (broad SMARTS) is 1. The maximum absolute atomic E-state index is 15.1. The Morgan fingerprint density at radius 1 is 1.22 bits per heavy atom. The molecule has 0 radical (unpaired) electrons. The molecule has 0 aliphatic rings. The molecule has 0 saturated heterocycles. The van der Waals surface area contributed by atoms with Crippen molar-refractivity contribution in [3.05, 3.63) is 74.7 Å². The number of fused-ring (bicyclic) bond motifs is 1. The van der Waals surface area contributed by atoms with Gasteiger partial charge in [0.1, 0.15) is 11.5 Å². The largest absolute Gasteiger partial charge is 0.481 e. The van der Waals surface area contributed by atoms with Gasteiger partial charge in [-0.15, -0.1) is 11.8 Å². The zero-order valence-electron chi connectivity index (χ0n) is 19.2. The highest BCUT2D eigenvalue weighted by Crippen LogP contribution is 2.34. The highest BCUT2D eigenvalue weighted by Gasteiger charge is 2.24. The van der Waals surface area contributed by atoms with Crippen molar-refractivity contribution in [2.45, 2.75) is 31.1 Å². The van der Waals surface area contributed by atoms with Crippen molar-refractivity contribution in [1.82, 2.24) is 19.5 Å². The second-order valence-corrected chi connectivity index (χ2v) is 9.32. The maximum atomic E-state index is 15.1. The molecule has 1 aromatic carbocycles. The predicted molar refractivity (Wildman–Crippen MR) is 133 cm³/mol. The van der Waals surface area contributed by atoms with Gasteiger partial charge in [0.15, 0.2) is 11.5 Å². The molecule has 0 amide bonds. The number of carboxylic acids is 1. The molecule has 12 heteroatoms. The van der Waals surface area contributed by atoms with Crippen molar-refractivity contribution in [3.8, 4) is 16.9 Å². The Morgan fingerprint density at radius 2 is 1.97 bits per heavy atom. The smallest absolute Gasteiger partial charge is 0.334 e. The fourth-order valence-corrected chi connectivity index (χ4v) is 4.76. The number of H-pyrrole nitrogens is 1. The molecule has 4 rings (SSSR count). The second kappa shape index (κ2) is 9.90. The van der Waals surface area contributed by atoms with E-state index in [1.807, 2.05) is 13.8 Å². The van der Waals surface area contributed by atoms with Crippen LogP contribution >= 0.6 is 11.8 Å².